The summed E-state index contributed by atoms with van der Waals surface area (Å²) in [4.78, 5) is 1.44. The maximum Gasteiger partial charge on any atom is 0.285 e. The molecule has 0 spiro atoms. The molecule has 0 N–H and O–H groups in total. The minimum atomic E-state index is -3.85. The summed E-state index contributed by atoms with van der Waals surface area (Å²) in [5.74, 6) is 1.49. The van der Waals surface area contributed by atoms with Gasteiger partial charge in [-0.3, -0.25) is 0 Å². The number of benzene rings is 3. The SMILES string of the molecule is COc1ccc(-c2sc(=NS(=O)(=O)c3ccccc3)n(C)c2-c2ccc(OC)cc2)cc1. The summed E-state index contributed by atoms with van der Waals surface area (Å²) in [6.45, 7) is 0. The number of thiazole rings is 1. The van der Waals surface area contributed by atoms with Gasteiger partial charge in [-0.05, 0) is 71.8 Å². The molecular weight excluding hydrogens is 444 g/mol. The number of nitrogens with zero attached hydrogens (tertiary/aromatic N) is 2. The quantitative estimate of drug-likeness (QED) is 0.412. The lowest BCUT2D eigenvalue weighted by molar-refractivity contribution is 0.414. The summed E-state index contributed by atoms with van der Waals surface area (Å²) in [6.07, 6.45) is 0. The zero-order valence-corrected chi connectivity index (χ0v) is 19.5. The van der Waals surface area contributed by atoms with Gasteiger partial charge in [-0.2, -0.15) is 8.42 Å². The van der Waals surface area contributed by atoms with E-state index in [0.717, 1.165) is 33.2 Å². The molecule has 0 fully saturated rings. The maximum atomic E-state index is 12.9. The molecule has 164 valence electrons. The molecular formula is C24H22N2O4S2. The van der Waals surface area contributed by atoms with Gasteiger partial charge in [0.15, 0.2) is 0 Å². The van der Waals surface area contributed by atoms with Crippen LogP contribution >= 0.6 is 11.3 Å². The predicted octanol–water partition coefficient (Wildman–Crippen LogP) is 4.73. The molecule has 4 rings (SSSR count). The van der Waals surface area contributed by atoms with Gasteiger partial charge < -0.3 is 14.0 Å². The van der Waals surface area contributed by atoms with Crippen molar-refractivity contribution in [2.45, 2.75) is 4.90 Å². The molecule has 0 radical (unpaired) electrons. The first-order valence-electron chi connectivity index (χ1n) is 9.77. The molecule has 0 saturated carbocycles. The number of aromatic nitrogens is 1. The van der Waals surface area contributed by atoms with Crippen molar-refractivity contribution in [1.82, 2.24) is 4.57 Å². The largest absolute Gasteiger partial charge is 0.497 e. The van der Waals surface area contributed by atoms with Gasteiger partial charge in [-0.25, -0.2) is 0 Å². The number of ether oxygens (including phenoxy) is 2. The molecule has 0 aliphatic rings. The van der Waals surface area contributed by atoms with Crippen molar-refractivity contribution < 1.29 is 17.9 Å². The fourth-order valence-corrected chi connectivity index (χ4v) is 5.69. The molecule has 0 saturated heterocycles. The van der Waals surface area contributed by atoms with E-state index in [1.807, 2.05) is 60.1 Å². The highest BCUT2D eigenvalue weighted by Gasteiger charge is 2.18. The minimum Gasteiger partial charge on any atom is -0.497 e. The maximum absolute atomic E-state index is 12.9. The predicted molar refractivity (Wildman–Crippen MR) is 126 cm³/mol. The number of methoxy groups -OCH3 is 2. The van der Waals surface area contributed by atoms with Gasteiger partial charge >= 0.3 is 0 Å². The molecule has 0 unspecified atom stereocenters. The van der Waals surface area contributed by atoms with E-state index >= 15 is 0 Å². The van der Waals surface area contributed by atoms with Crippen LogP contribution in [0.3, 0.4) is 0 Å². The Labute approximate surface area is 191 Å². The van der Waals surface area contributed by atoms with E-state index in [1.165, 1.54) is 11.3 Å². The van der Waals surface area contributed by atoms with Crippen LogP contribution < -0.4 is 14.3 Å². The number of hydrogen-bond donors (Lipinski definition) is 0. The van der Waals surface area contributed by atoms with Gasteiger partial charge in [0, 0.05) is 7.05 Å². The molecule has 32 heavy (non-hydrogen) atoms. The highest BCUT2D eigenvalue weighted by Crippen LogP contribution is 2.35. The summed E-state index contributed by atoms with van der Waals surface area (Å²) in [5.41, 5.74) is 2.73. The van der Waals surface area contributed by atoms with Gasteiger partial charge in [-0.1, -0.05) is 29.5 Å². The van der Waals surface area contributed by atoms with E-state index in [2.05, 4.69) is 4.40 Å². The van der Waals surface area contributed by atoms with Crippen LogP contribution in [-0.2, 0) is 17.1 Å². The first-order valence-corrected chi connectivity index (χ1v) is 12.0. The second-order valence-electron chi connectivity index (χ2n) is 6.96. The first-order chi connectivity index (χ1) is 15.4. The third kappa shape index (κ3) is 4.32. The Morgan fingerprint density at radius 2 is 1.31 bits per heavy atom. The van der Waals surface area contributed by atoms with Gasteiger partial charge in [0.25, 0.3) is 10.0 Å². The smallest absolute Gasteiger partial charge is 0.285 e. The van der Waals surface area contributed by atoms with Crippen molar-refractivity contribution in [3.05, 3.63) is 83.7 Å². The minimum absolute atomic E-state index is 0.158. The van der Waals surface area contributed by atoms with Crippen molar-refractivity contribution in [3.63, 3.8) is 0 Å². The van der Waals surface area contributed by atoms with Crippen LogP contribution in [0.15, 0.2) is 88.2 Å². The standard InChI is InChI=1S/C24H22N2O4S2/c1-26-22(17-9-13-19(29-2)14-10-17)23(18-11-15-20(30-3)16-12-18)31-24(26)25-32(27,28)21-7-5-4-6-8-21/h4-16H,1-3H3. The van der Waals surface area contributed by atoms with Crippen LogP contribution in [0.4, 0.5) is 0 Å². The highest BCUT2D eigenvalue weighted by atomic mass is 32.2. The van der Waals surface area contributed by atoms with Gasteiger partial charge in [-0.15, -0.1) is 4.40 Å². The van der Waals surface area contributed by atoms with Crippen molar-refractivity contribution in [3.8, 4) is 33.2 Å². The molecule has 0 amide bonds. The van der Waals surface area contributed by atoms with E-state index in [4.69, 9.17) is 9.47 Å². The lowest BCUT2D eigenvalue weighted by Crippen LogP contribution is -2.14. The van der Waals surface area contributed by atoms with E-state index in [1.54, 1.807) is 44.6 Å². The monoisotopic (exact) mass is 466 g/mol. The molecule has 8 heteroatoms. The third-order valence-corrected chi connectivity index (χ3v) is 7.56. The van der Waals surface area contributed by atoms with Gasteiger partial charge in [0.2, 0.25) is 4.80 Å². The van der Waals surface area contributed by atoms with Crippen molar-refractivity contribution in [2.24, 2.45) is 11.4 Å². The molecule has 0 aliphatic heterocycles. The molecule has 6 nitrogen and oxygen atoms in total. The van der Waals surface area contributed by atoms with E-state index in [9.17, 15) is 8.42 Å². The fraction of sp³-hybridized carbons (Fsp3) is 0.125. The zero-order chi connectivity index (χ0) is 22.7. The lowest BCUT2D eigenvalue weighted by atomic mass is 10.1. The topological polar surface area (TPSA) is 69.9 Å². The number of sulfonamides is 1. The lowest BCUT2D eigenvalue weighted by Gasteiger charge is -2.09. The van der Waals surface area contributed by atoms with Crippen LogP contribution in [0.5, 0.6) is 11.5 Å². The molecule has 0 atom stereocenters. The van der Waals surface area contributed by atoms with Crippen molar-refractivity contribution in [1.29, 1.82) is 0 Å². The Morgan fingerprint density at radius 3 is 1.84 bits per heavy atom. The summed E-state index contributed by atoms with van der Waals surface area (Å²) in [6, 6.07) is 23.5. The van der Waals surface area contributed by atoms with E-state index < -0.39 is 10.0 Å². The summed E-state index contributed by atoms with van der Waals surface area (Å²) < 4.78 is 42.3. The normalized spacial score (nSPS) is 12.0. The van der Waals surface area contributed by atoms with E-state index in [0.29, 0.717) is 4.80 Å². The summed E-state index contributed by atoms with van der Waals surface area (Å²) in [7, 11) is 1.21. The van der Waals surface area contributed by atoms with Crippen LogP contribution in [-0.4, -0.2) is 27.2 Å². The molecule has 1 aromatic heterocycles. The fourth-order valence-electron chi connectivity index (χ4n) is 3.30. The highest BCUT2D eigenvalue weighted by molar-refractivity contribution is 7.90. The van der Waals surface area contributed by atoms with Crippen LogP contribution in [0.2, 0.25) is 0 Å². The second-order valence-corrected chi connectivity index (χ2v) is 9.54. The summed E-state index contributed by atoms with van der Waals surface area (Å²) >= 11 is 1.32. The molecule has 0 aliphatic carbocycles. The van der Waals surface area contributed by atoms with Crippen molar-refractivity contribution in [2.75, 3.05) is 14.2 Å². The van der Waals surface area contributed by atoms with Crippen LogP contribution in [0.1, 0.15) is 0 Å². The Balaban J connectivity index is 1.93. The Bertz CT molecular complexity index is 1390. The zero-order valence-electron chi connectivity index (χ0n) is 17.8. The Hall–Kier alpha value is -3.36. The molecule has 0 bridgehead atoms. The first kappa shape index (κ1) is 21.9. The van der Waals surface area contributed by atoms with E-state index in [-0.39, 0.29) is 4.90 Å². The average molecular weight is 467 g/mol. The third-order valence-electron chi connectivity index (χ3n) is 4.99. The van der Waals surface area contributed by atoms with Crippen LogP contribution in [0.25, 0.3) is 21.7 Å². The van der Waals surface area contributed by atoms with Gasteiger partial charge in [0.05, 0.1) is 29.7 Å². The average Bonchev–Trinajstić information content (AvgIpc) is 3.15. The molecule has 1 heterocycles. The number of hydrogen-bond acceptors (Lipinski definition) is 5. The molecule has 3 aromatic carbocycles. The molecule has 4 aromatic rings. The van der Waals surface area contributed by atoms with Crippen LogP contribution in [0, 0.1) is 0 Å². The summed E-state index contributed by atoms with van der Waals surface area (Å²) in [5, 5.41) is 0. The van der Waals surface area contributed by atoms with Gasteiger partial charge in [0.1, 0.15) is 11.5 Å². The number of rotatable bonds is 6. The Kier molecular flexibility index (Phi) is 6.16. The Morgan fingerprint density at radius 1 is 0.781 bits per heavy atom. The second kappa shape index (κ2) is 9.02. The van der Waals surface area contributed by atoms with Crippen molar-refractivity contribution >= 4 is 21.4 Å².